The Morgan fingerprint density at radius 3 is 2.41 bits per heavy atom. The molecule has 0 aliphatic carbocycles. The average molecular weight is 393 g/mol. The lowest BCUT2D eigenvalue weighted by Crippen LogP contribution is -2.43. The van der Waals surface area contributed by atoms with Crippen LogP contribution in [0.5, 0.6) is 5.75 Å². The molecule has 0 saturated carbocycles. The van der Waals surface area contributed by atoms with Crippen LogP contribution in [0.25, 0.3) is 11.3 Å². The molecule has 0 spiro atoms. The first-order valence-electron chi connectivity index (χ1n) is 9.28. The minimum absolute atomic E-state index is 0.132. The van der Waals surface area contributed by atoms with Crippen LogP contribution < -0.4 is 15.6 Å². The third kappa shape index (κ3) is 6.21. The van der Waals surface area contributed by atoms with Crippen LogP contribution in [0, 0.1) is 13.8 Å². The van der Waals surface area contributed by atoms with Gasteiger partial charge in [0.15, 0.2) is 18.3 Å². The molecule has 7 nitrogen and oxygen atoms in total. The zero-order valence-corrected chi connectivity index (χ0v) is 16.4. The molecule has 7 heteroatoms. The molecule has 1 heterocycles. The molecule has 29 heavy (non-hydrogen) atoms. The van der Waals surface area contributed by atoms with Crippen LogP contribution in [-0.4, -0.2) is 23.4 Å². The molecule has 2 amide bonds. The molecule has 2 N–H and O–H groups in total. The number of nitrogens with one attached hydrogen (secondary N) is 2. The van der Waals surface area contributed by atoms with E-state index in [1.54, 1.807) is 6.20 Å². The van der Waals surface area contributed by atoms with Crippen LogP contribution in [0.4, 0.5) is 0 Å². The van der Waals surface area contributed by atoms with Gasteiger partial charge in [-0.15, -0.1) is 0 Å². The van der Waals surface area contributed by atoms with Crippen molar-refractivity contribution in [2.75, 3.05) is 6.61 Å². The van der Waals surface area contributed by atoms with Crippen molar-refractivity contribution in [2.24, 2.45) is 0 Å². The van der Waals surface area contributed by atoms with Gasteiger partial charge in [-0.05, 0) is 37.1 Å². The van der Waals surface area contributed by atoms with E-state index in [4.69, 9.17) is 9.15 Å². The average Bonchev–Trinajstić information content (AvgIpc) is 3.18. The Labute approximate surface area is 169 Å². The summed E-state index contributed by atoms with van der Waals surface area (Å²) in [6.07, 6.45) is 2.09. The zero-order valence-electron chi connectivity index (χ0n) is 16.4. The van der Waals surface area contributed by atoms with Crippen molar-refractivity contribution in [3.05, 3.63) is 71.7 Å². The number of amides is 2. The Morgan fingerprint density at radius 2 is 1.69 bits per heavy atom. The van der Waals surface area contributed by atoms with Crippen molar-refractivity contribution >= 4 is 11.8 Å². The lowest BCUT2D eigenvalue weighted by Gasteiger charge is -2.09. The molecule has 0 aliphatic rings. The summed E-state index contributed by atoms with van der Waals surface area (Å²) < 4.78 is 11.1. The predicted molar refractivity (Wildman–Crippen MR) is 108 cm³/mol. The molecule has 3 aromatic rings. The van der Waals surface area contributed by atoms with Gasteiger partial charge in [0.05, 0.1) is 6.20 Å². The van der Waals surface area contributed by atoms with E-state index in [0.717, 1.165) is 16.7 Å². The number of hydrogen-bond acceptors (Lipinski definition) is 5. The van der Waals surface area contributed by atoms with E-state index in [2.05, 4.69) is 15.8 Å². The molecule has 3 rings (SSSR count). The fourth-order valence-corrected chi connectivity index (χ4v) is 2.79. The summed E-state index contributed by atoms with van der Waals surface area (Å²) in [6, 6.07) is 15.3. The monoisotopic (exact) mass is 393 g/mol. The molecule has 0 fully saturated rings. The van der Waals surface area contributed by atoms with E-state index >= 15 is 0 Å². The van der Waals surface area contributed by atoms with E-state index in [1.165, 1.54) is 0 Å². The Bertz CT molecular complexity index is 962. The predicted octanol–water partition coefficient (Wildman–Crippen LogP) is 3.12. The van der Waals surface area contributed by atoms with Crippen LogP contribution >= 0.6 is 0 Å². The maximum absolute atomic E-state index is 11.9. The van der Waals surface area contributed by atoms with E-state index in [9.17, 15) is 9.59 Å². The molecular formula is C22H23N3O4. The van der Waals surface area contributed by atoms with Crippen molar-refractivity contribution in [1.82, 2.24) is 15.8 Å². The normalized spacial score (nSPS) is 10.4. The minimum atomic E-state index is -0.444. The number of rotatable bonds is 7. The van der Waals surface area contributed by atoms with E-state index in [1.807, 2.05) is 62.4 Å². The summed E-state index contributed by atoms with van der Waals surface area (Å²) in [6.45, 7) is 3.72. The molecule has 150 valence electrons. The fraction of sp³-hybridized carbons (Fsp3) is 0.227. The highest BCUT2D eigenvalue weighted by Gasteiger charge is 2.10. The van der Waals surface area contributed by atoms with Gasteiger partial charge in [-0.25, -0.2) is 4.98 Å². The Kier molecular flexibility index (Phi) is 6.63. The molecule has 0 aliphatic heterocycles. The quantitative estimate of drug-likeness (QED) is 0.602. The van der Waals surface area contributed by atoms with Crippen LogP contribution in [0.1, 0.15) is 23.4 Å². The first-order valence-corrected chi connectivity index (χ1v) is 9.28. The molecule has 0 bridgehead atoms. The first-order chi connectivity index (χ1) is 14.0. The van der Waals surface area contributed by atoms with Gasteiger partial charge in [0.25, 0.3) is 5.91 Å². The Morgan fingerprint density at radius 1 is 1.00 bits per heavy atom. The maximum Gasteiger partial charge on any atom is 0.276 e. The highest BCUT2D eigenvalue weighted by atomic mass is 16.5. The largest absolute Gasteiger partial charge is 0.484 e. The van der Waals surface area contributed by atoms with Gasteiger partial charge in [0, 0.05) is 18.4 Å². The minimum Gasteiger partial charge on any atom is -0.484 e. The number of ether oxygens (including phenoxy) is 1. The summed E-state index contributed by atoms with van der Waals surface area (Å²) >= 11 is 0. The SMILES string of the molecule is Cc1cc(C)cc(OCC(=O)NNC(=O)CCc2ncc(-c3ccccc3)o2)c1. The summed E-state index contributed by atoms with van der Waals surface area (Å²) in [5.74, 6) is 0.938. The van der Waals surface area contributed by atoms with Crippen molar-refractivity contribution in [3.8, 4) is 17.1 Å². The van der Waals surface area contributed by atoms with E-state index < -0.39 is 5.91 Å². The van der Waals surface area contributed by atoms with Crippen molar-refractivity contribution < 1.29 is 18.7 Å². The van der Waals surface area contributed by atoms with E-state index in [-0.39, 0.29) is 18.9 Å². The molecule has 0 radical (unpaired) electrons. The highest BCUT2D eigenvalue weighted by molar-refractivity contribution is 5.82. The second-order valence-corrected chi connectivity index (χ2v) is 6.69. The Balaban J connectivity index is 1.38. The van der Waals surface area contributed by atoms with Gasteiger partial charge in [-0.3, -0.25) is 20.4 Å². The van der Waals surface area contributed by atoms with Gasteiger partial charge in [0.2, 0.25) is 5.91 Å². The third-order valence-electron chi connectivity index (χ3n) is 4.08. The van der Waals surface area contributed by atoms with E-state index in [0.29, 0.717) is 23.8 Å². The number of carbonyl (C=O) groups excluding carboxylic acids is 2. The standard InChI is InChI=1S/C22H23N3O4/c1-15-10-16(2)12-18(11-15)28-14-21(27)25-24-20(26)8-9-22-23-13-19(29-22)17-6-4-3-5-7-17/h3-7,10-13H,8-9,14H2,1-2H3,(H,24,26)(H,25,27). The molecule has 1 aromatic heterocycles. The number of aromatic nitrogens is 1. The van der Waals surface area contributed by atoms with Gasteiger partial charge >= 0.3 is 0 Å². The number of aryl methyl sites for hydroxylation is 3. The van der Waals surface area contributed by atoms with Crippen molar-refractivity contribution in [3.63, 3.8) is 0 Å². The molecule has 0 unspecified atom stereocenters. The number of carbonyl (C=O) groups is 2. The van der Waals surface area contributed by atoms with Crippen LogP contribution in [0.2, 0.25) is 0 Å². The maximum atomic E-state index is 11.9. The number of nitrogens with zero attached hydrogens (tertiary/aromatic N) is 1. The van der Waals surface area contributed by atoms with Crippen molar-refractivity contribution in [2.45, 2.75) is 26.7 Å². The van der Waals surface area contributed by atoms with Crippen molar-refractivity contribution in [1.29, 1.82) is 0 Å². The smallest absolute Gasteiger partial charge is 0.276 e. The third-order valence-corrected chi connectivity index (χ3v) is 4.08. The summed E-state index contributed by atoms with van der Waals surface area (Å²) in [5.41, 5.74) is 7.72. The summed E-state index contributed by atoms with van der Waals surface area (Å²) in [7, 11) is 0. The first kappa shape index (κ1) is 20.1. The summed E-state index contributed by atoms with van der Waals surface area (Å²) in [4.78, 5) is 28.0. The topological polar surface area (TPSA) is 93.5 Å². The molecule has 0 atom stereocenters. The molecule has 0 saturated heterocycles. The van der Waals surface area contributed by atoms with Gasteiger partial charge < -0.3 is 9.15 Å². The molecular weight excluding hydrogens is 370 g/mol. The second-order valence-electron chi connectivity index (χ2n) is 6.69. The number of hydrazine groups is 1. The summed E-state index contributed by atoms with van der Waals surface area (Å²) in [5, 5.41) is 0. The van der Waals surface area contributed by atoms with Gasteiger partial charge in [-0.2, -0.15) is 0 Å². The van der Waals surface area contributed by atoms with Crippen LogP contribution in [0.15, 0.2) is 59.1 Å². The lowest BCUT2D eigenvalue weighted by molar-refractivity contribution is -0.130. The zero-order chi connectivity index (χ0) is 20.6. The molecule has 2 aromatic carbocycles. The number of benzene rings is 2. The lowest BCUT2D eigenvalue weighted by atomic mass is 10.1. The highest BCUT2D eigenvalue weighted by Crippen LogP contribution is 2.20. The van der Waals surface area contributed by atoms with Gasteiger partial charge in [0.1, 0.15) is 5.75 Å². The Hall–Kier alpha value is -3.61. The fourth-order valence-electron chi connectivity index (χ4n) is 2.79. The van der Waals surface area contributed by atoms with Crippen LogP contribution in [-0.2, 0) is 16.0 Å². The second kappa shape index (κ2) is 9.54. The van der Waals surface area contributed by atoms with Gasteiger partial charge in [-0.1, -0.05) is 36.4 Å². The number of hydrogen-bond donors (Lipinski definition) is 2. The van der Waals surface area contributed by atoms with Crippen LogP contribution in [0.3, 0.4) is 0 Å². The number of oxazole rings is 1.